The Hall–Kier alpha value is -1.69. The number of carboxylic acid groups (broad SMARTS) is 1. The van der Waals surface area contributed by atoms with Crippen molar-refractivity contribution in [2.45, 2.75) is 25.0 Å². The first-order valence-electron chi connectivity index (χ1n) is 6.91. The van der Waals surface area contributed by atoms with Gasteiger partial charge in [0.1, 0.15) is 0 Å². The lowest BCUT2D eigenvalue weighted by Gasteiger charge is -2.23. The van der Waals surface area contributed by atoms with Gasteiger partial charge >= 0.3 is 12.0 Å². The summed E-state index contributed by atoms with van der Waals surface area (Å²) in [6.45, 7) is 5.80. The fraction of sp³-hybridized carbons (Fsp3) is 0.467. The van der Waals surface area contributed by atoms with Crippen molar-refractivity contribution in [3.8, 4) is 0 Å². The van der Waals surface area contributed by atoms with E-state index in [0.717, 1.165) is 12.2 Å². The molecule has 2 rings (SSSR count). The van der Waals surface area contributed by atoms with Gasteiger partial charge in [0.2, 0.25) is 0 Å². The highest BCUT2D eigenvalue weighted by Gasteiger charge is 2.25. The molecule has 1 aromatic rings. The van der Waals surface area contributed by atoms with Crippen LogP contribution in [0, 0.1) is 0 Å². The maximum absolute atomic E-state index is 12.3. The number of carbonyl (C=O) groups excluding carboxylic acids is 1. The van der Waals surface area contributed by atoms with E-state index in [2.05, 4.69) is 19.2 Å². The molecule has 2 amide bonds. The van der Waals surface area contributed by atoms with Crippen LogP contribution in [0.25, 0.3) is 0 Å². The minimum absolute atomic E-state index is 0.167. The molecular formula is C15H20N2O3S. The average molecular weight is 308 g/mol. The van der Waals surface area contributed by atoms with E-state index in [9.17, 15) is 9.59 Å². The first kappa shape index (κ1) is 15.7. The molecule has 1 aromatic carbocycles. The number of hydrogen-bond donors (Lipinski definition) is 2. The Kier molecular flexibility index (Phi) is 4.77. The minimum Gasteiger partial charge on any atom is -0.478 e. The topological polar surface area (TPSA) is 69.6 Å². The molecule has 0 atom stereocenters. The smallest absolute Gasteiger partial charge is 0.335 e. The minimum atomic E-state index is -1.00. The molecule has 0 aliphatic carbocycles. The lowest BCUT2D eigenvalue weighted by molar-refractivity contribution is 0.0697. The number of hydrogen-bond acceptors (Lipinski definition) is 3. The van der Waals surface area contributed by atoms with E-state index in [-0.39, 0.29) is 16.3 Å². The van der Waals surface area contributed by atoms with Gasteiger partial charge in [-0.05, 0) is 24.6 Å². The van der Waals surface area contributed by atoms with Crippen molar-refractivity contribution < 1.29 is 14.7 Å². The van der Waals surface area contributed by atoms with Crippen molar-refractivity contribution in [2.75, 3.05) is 24.2 Å². The largest absolute Gasteiger partial charge is 0.478 e. The van der Waals surface area contributed by atoms with Gasteiger partial charge in [-0.15, -0.1) is 0 Å². The number of nitrogens with one attached hydrogen (secondary N) is 1. The number of urea groups is 1. The Morgan fingerprint density at radius 1 is 1.33 bits per heavy atom. The standard InChI is InChI=1S/C15H20N2O3S/c1-15(2)6-7-17(8-9-21-15)14(20)16-12-5-3-4-11(10-12)13(18)19/h3-5,10H,6-9H2,1-2H3,(H,16,20)(H,18,19). The number of nitrogens with zero attached hydrogens (tertiary/aromatic N) is 1. The molecule has 5 nitrogen and oxygen atoms in total. The first-order chi connectivity index (χ1) is 9.87. The fourth-order valence-electron chi connectivity index (χ4n) is 2.16. The summed E-state index contributed by atoms with van der Waals surface area (Å²) in [6, 6.07) is 6.12. The summed E-state index contributed by atoms with van der Waals surface area (Å²) in [5.41, 5.74) is 0.677. The molecule has 2 N–H and O–H groups in total. The number of rotatable bonds is 2. The molecule has 0 unspecified atom stereocenters. The van der Waals surface area contributed by atoms with Crippen LogP contribution in [0.1, 0.15) is 30.6 Å². The van der Waals surface area contributed by atoms with E-state index in [1.54, 1.807) is 17.0 Å². The summed E-state index contributed by atoms with van der Waals surface area (Å²) >= 11 is 1.88. The van der Waals surface area contributed by atoms with E-state index in [1.165, 1.54) is 12.1 Å². The highest BCUT2D eigenvalue weighted by atomic mass is 32.2. The van der Waals surface area contributed by atoms with Crippen molar-refractivity contribution in [3.63, 3.8) is 0 Å². The summed E-state index contributed by atoms with van der Waals surface area (Å²) in [5, 5.41) is 11.7. The molecule has 21 heavy (non-hydrogen) atoms. The maximum atomic E-state index is 12.3. The van der Waals surface area contributed by atoms with Crippen molar-refractivity contribution in [1.29, 1.82) is 0 Å². The molecular weight excluding hydrogens is 288 g/mol. The number of thioether (sulfide) groups is 1. The van der Waals surface area contributed by atoms with E-state index < -0.39 is 5.97 Å². The molecule has 114 valence electrons. The molecule has 1 heterocycles. The SMILES string of the molecule is CC1(C)CCN(C(=O)Nc2cccc(C(=O)O)c2)CCS1. The molecule has 0 saturated carbocycles. The Labute approximate surface area is 128 Å². The summed E-state index contributed by atoms with van der Waals surface area (Å²) in [7, 11) is 0. The lowest BCUT2D eigenvalue weighted by Crippen LogP contribution is -2.37. The second kappa shape index (κ2) is 6.39. The average Bonchev–Trinajstić information content (AvgIpc) is 2.60. The Morgan fingerprint density at radius 3 is 2.81 bits per heavy atom. The van der Waals surface area contributed by atoms with Crippen molar-refractivity contribution in [1.82, 2.24) is 4.90 Å². The Bertz CT molecular complexity index is 545. The van der Waals surface area contributed by atoms with Crippen LogP contribution in [-0.2, 0) is 0 Å². The predicted octanol–water partition coefficient (Wildman–Crippen LogP) is 3.13. The van der Waals surface area contributed by atoms with Crippen molar-refractivity contribution in [2.24, 2.45) is 0 Å². The van der Waals surface area contributed by atoms with Crippen molar-refractivity contribution >= 4 is 29.4 Å². The van der Waals surface area contributed by atoms with Crippen LogP contribution >= 0.6 is 11.8 Å². The van der Waals surface area contributed by atoms with Crippen LogP contribution in [0.15, 0.2) is 24.3 Å². The number of aromatic carboxylic acids is 1. The summed E-state index contributed by atoms with van der Waals surface area (Å²) < 4.78 is 0.193. The van der Waals surface area contributed by atoms with Crippen LogP contribution in [0.5, 0.6) is 0 Å². The Morgan fingerprint density at radius 2 is 2.10 bits per heavy atom. The van der Waals surface area contributed by atoms with E-state index >= 15 is 0 Å². The molecule has 1 saturated heterocycles. The third-order valence-corrected chi connectivity index (χ3v) is 4.86. The van der Waals surface area contributed by atoms with E-state index in [1.807, 2.05) is 11.8 Å². The molecule has 0 bridgehead atoms. The predicted molar refractivity (Wildman–Crippen MR) is 85.1 cm³/mol. The molecule has 1 aliphatic rings. The molecule has 0 aromatic heterocycles. The second-order valence-electron chi connectivity index (χ2n) is 5.66. The fourth-order valence-corrected chi connectivity index (χ4v) is 3.26. The van der Waals surface area contributed by atoms with Gasteiger partial charge in [-0.2, -0.15) is 11.8 Å². The third kappa shape index (κ3) is 4.39. The van der Waals surface area contributed by atoms with Gasteiger partial charge in [0.15, 0.2) is 0 Å². The van der Waals surface area contributed by atoms with Crippen LogP contribution < -0.4 is 5.32 Å². The first-order valence-corrected chi connectivity index (χ1v) is 7.89. The zero-order chi connectivity index (χ0) is 15.5. The van der Waals surface area contributed by atoms with E-state index in [4.69, 9.17) is 5.11 Å². The van der Waals surface area contributed by atoms with Gasteiger partial charge in [0.05, 0.1) is 5.56 Å². The quantitative estimate of drug-likeness (QED) is 0.880. The van der Waals surface area contributed by atoms with Gasteiger partial charge in [-0.3, -0.25) is 0 Å². The number of amides is 2. The van der Waals surface area contributed by atoms with E-state index in [0.29, 0.717) is 18.8 Å². The lowest BCUT2D eigenvalue weighted by atomic mass is 10.1. The zero-order valence-corrected chi connectivity index (χ0v) is 13.1. The molecule has 6 heteroatoms. The van der Waals surface area contributed by atoms with Crippen molar-refractivity contribution in [3.05, 3.63) is 29.8 Å². The number of carbonyl (C=O) groups is 2. The number of anilines is 1. The normalized spacial score (nSPS) is 17.9. The van der Waals surface area contributed by atoms with Gasteiger partial charge in [0, 0.05) is 29.3 Å². The maximum Gasteiger partial charge on any atom is 0.335 e. The summed E-state index contributed by atoms with van der Waals surface area (Å²) in [4.78, 5) is 25.0. The monoisotopic (exact) mass is 308 g/mol. The molecule has 1 fully saturated rings. The van der Waals surface area contributed by atoms with Crippen LogP contribution in [0.2, 0.25) is 0 Å². The zero-order valence-electron chi connectivity index (χ0n) is 12.3. The number of benzene rings is 1. The highest BCUT2D eigenvalue weighted by molar-refractivity contribution is 8.00. The summed E-state index contributed by atoms with van der Waals surface area (Å²) in [5.74, 6) is -0.0886. The number of carboxylic acids is 1. The summed E-state index contributed by atoms with van der Waals surface area (Å²) in [6.07, 6.45) is 0.945. The van der Waals surface area contributed by atoms with Gasteiger partial charge in [0.25, 0.3) is 0 Å². The molecule has 0 spiro atoms. The van der Waals surface area contributed by atoms with Crippen LogP contribution in [-0.4, -0.2) is 45.6 Å². The van der Waals surface area contributed by atoms with Gasteiger partial charge in [-0.1, -0.05) is 19.9 Å². The van der Waals surface area contributed by atoms with Gasteiger partial charge < -0.3 is 15.3 Å². The Balaban J connectivity index is 2.01. The van der Waals surface area contributed by atoms with Crippen LogP contribution in [0.4, 0.5) is 10.5 Å². The second-order valence-corrected chi connectivity index (χ2v) is 7.46. The van der Waals surface area contributed by atoms with Gasteiger partial charge in [-0.25, -0.2) is 9.59 Å². The highest BCUT2D eigenvalue weighted by Crippen LogP contribution is 2.30. The molecule has 0 radical (unpaired) electrons. The molecule has 1 aliphatic heterocycles. The van der Waals surface area contributed by atoms with Crippen LogP contribution in [0.3, 0.4) is 0 Å². The third-order valence-electron chi connectivity index (χ3n) is 3.49.